The van der Waals surface area contributed by atoms with Crippen LogP contribution in [-0.2, 0) is 4.43 Å². The van der Waals surface area contributed by atoms with Gasteiger partial charge in [0.1, 0.15) is 0 Å². The summed E-state index contributed by atoms with van der Waals surface area (Å²) in [6, 6.07) is 0. The fourth-order valence-corrected chi connectivity index (χ4v) is 2.47. The van der Waals surface area contributed by atoms with Gasteiger partial charge in [0, 0.05) is 6.61 Å². The molecule has 0 amide bonds. The minimum absolute atomic E-state index is 0.669. The Bertz CT molecular complexity index is 114. The number of hydrogen-bond donors (Lipinski definition) is 0. The molecule has 1 nitrogen and oxygen atoms in total. The maximum atomic E-state index is 5.35. The van der Waals surface area contributed by atoms with Crippen molar-refractivity contribution in [1.82, 2.24) is 0 Å². The fraction of sp³-hybridized carbons (Fsp3) is 1.00. The lowest BCUT2D eigenvalue weighted by molar-refractivity contribution is 0.323. The highest BCUT2D eigenvalue weighted by molar-refractivity contribution is 6.24. The number of hydrogen-bond acceptors (Lipinski definition) is 1. The highest BCUT2D eigenvalue weighted by Gasteiger charge is 1.93. The van der Waals surface area contributed by atoms with Gasteiger partial charge < -0.3 is 4.43 Å². The zero-order valence-electron chi connectivity index (χ0n) is 12.1. The molecule has 0 aromatic heterocycles. The van der Waals surface area contributed by atoms with Crippen LogP contribution >= 0.6 is 0 Å². The van der Waals surface area contributed by atoms with Crippen LogP contribution in [0.3, 0.4) is 0 Å². The molecule has 2 heteroatoms. The summed E-state index contributed by atoms with van der Waals surface area (Å²) < 4.78 is 5.35. The van der Waals surface area contributed by atoms with Gasteiger partial charge in [-0.2, -0.15) is 0 Å². The molecule has 2 radical (unpaired) electrons. The van der Waals surface area contributed by atoms with E-state index in [0.717, 1.165) is 6.61 Å². The van der Waals surface area contributed by atoms with Crippen LogP contribution in [0.2, 0.25) is 6.55 Å². The van der Waals surface area contributed by atoms with Gasteiger partial charge in [-0.1, -0.05) is 77.6 Å². The van der Waals surface area contributed by atoms with E-state index in [4.69, 9.17) is 4.43 Å². The summed E-state index contributed by atoms with van der Waals surface area (Å²) in [7, 11) is 0.669. The summed E-state index contributed by atoms with van der Waals surface area (Å²) >= 11 is 0. The van der Waals surface area contributed by atoms with Crippen molar-refractivity contribution in [3.05, 3.63) is 0 Å². The van der Waals surface area contributed by atoms with E-state index >= 15 is 0 Å². The lowest BCUT2D eigenvalue weighted by atomic mass is 10.1. The summed E-state index contributed by atoms with van der Waals surface area (Å²) in [5.74, 6) is 0. The first kappa shape index (κ1) is 17.2. The van der Waals surface area contributed by atoms with Gasteiger partial charge in [-0.3, -0.25) is 0 Å². The summed E-state index contributed by atoms with van der Waals surface area (Å²) in [4.78, 5) is 0. The summed E-state index contributed by atoms with van der Waals surface area (Å²) in [6.45, 7) is 5.36. The molecule has 17 heavy (non-hydrogen) atoms. The molecule has 0 aromatic rings. The molecule has 0 bridgehead atoms. The van der Waals surface area contributed by atoms with Crippen molar-refractivity contribution in [1.29, 1.82) is 0 Å². The minimum Gasteiger partial charge on any atom is -0.418 e. The molecule has 0 heterocycles. The third-order valence-corrected chi connectivity index (χ3v) is 3.74. The Morgan fingerprint density at radius 1 is 0.647 bits per heavy atom. The maximum absolute atomic E-state index is 5.35. The van der Waals surface area contributed by atoms with Gasteiger partial charge in [-0.15, -0.1) is 0 Å². The highest BCUT2D eigenvalue weighted by Crippen LogP contribution is 2.11. The third-order valence-electron chi connectivity index (χ3n) is 3.24. The number of unbranched alkanes of at least 4 members (excludes halogenated alkanes) is 11. The quantitative estimate of drug-likeness (QED) is 0.300. The second-order valence-electron chi connectivity index (χ2n) is 4.94. The summed E-state index contributed by atoms with van der Waals surface area (Å²) in [5, 5.41) is 0. The van der Waals surface area contributed by atoms with Crippen LogP contribution in [0.15, 0.2) is 0 Å². The third kappa shape index (κ3) is 16.2. The first-order valence-corrected chi connectivity index (χ1v) is 9.11. The molecule has 0 atom stereocenters. The molecule has 0 unspecified atom stereocenters. The van der Waals surface area contributed by atoms with E-state index in [1.54, 1.807) is 0 Å². The van der Waals surface area contributed by atoms with Crippen LogP contribution in [0.4, 0.5) is 0 Å². The van der Waals surface area contributed by atoms with Crippen LogP contribution in [0.25, 0.3) is 0 Å². The Kier molecular flexibility index (Phi) is 16.3. The van der Waals surface area contributed by atoms with Crippen molar-refractivity contribution in [3.63, 3.8) is 0 Å². The lowest BCUT2D eigenvalue weighted by Gasteiger charge is -2.03. The van der Waals surface area contributed by atoms with E-state index in [1.165, 1.54) is 77.0 Å². The largest absolute Gasteiger partial charge is 0.418 e. The predicted molar refractivity (Wildman–Crippen MR) is 78.6 cm³/mol. The van der Waals surface area contributed by atoms with E-state index < -0.39 is 0 Å². The van der Waals surface area contributed by atoms with E-state index in [0.29, 0.717) is 9.76 Å². The Hall–Kier alpha value is 0.177. The average molecular weight is 257 g/mol. The van der Waals surface area contributed by atoms with Crippen LogP contribution in [0.1, 0.15) is 84.0 Å². The van der Waals surface area contributed by atoms with Gasteiger partial charge >= 0.3 is 0 Å². The first-order valence-electron chi connectivity index (χ1n) is 7.70. The van der Waals surface area contributed by atoms with Crippen molar-refractivity contribution in [2.45, 2.75) is 90.5 Å². The van der Waals surface area contributed by atoms with Crippen LogP contribution in [0, 0.1) is 0 Å². The van der Waals surface area contributed by atoms with Crippen molar-refractivity contribution in [2.75, 3.05) is 6.61 Å². The monoisotopic (exact) mass is 256 g/mol. The molecule has 0 saturated heterocycles. The predicted octanol–water partition coefficient (Wildman–Crippen LogP) is 5.37. The molecular weight excluding hydrogens is 224 g/mol. The minimum atomic E-state index is 0.669. The van der Waals surface area contributed by atoms with Gasteiger partial charge in [0.2, 0.25) is 9.76 Å². The molecule has 0 saturated carbocycles. The zero-order valence-corrected chi connectivity index (χ0v) is 13.1. The molecule has 0 aromatic carbocycles. The highest BCUT2D eigenvalue weighted by atomic mass is 28.2. The molecule has 0 aliphatic rings. The van der Waals surface area contributed by atoms with Crippen LogP contribution in [-0.4, -0.2) is 16.4 Å². The first-order chi connectivity index (χ1) is 8.41. The van der Waals surface area contributed by atoms with Gasteiger partial charge in [0.15, 0.2) is 0 Å². The molecule has 0 aliphatic heterocycles. The van der Waals surface area contributed by atoms with Crippen molar-refractivity contribution < 1.29 is 4.43 Å². The Balaban J connectivity index is 2.85. The van der Waals surface area contributed by atoms with E-state index in [-0.39, 0.29) is 0 Å². The SMILES string of the molecule is CCCCCCCCCCCCCCO[Si]C. The molecule has 0 aliphatic carbocycles. The normalized spacial score (nSPS) is 10.9. The Labute approximate surface area is 112 Å². The van der Waals surface area contributed by atoms with Crippen LogP contribution < -0.4 is 0 Å². The van der Waals surface area contributed by atoms with E-state index in [1.807, 2.05) is 0 Å². The van der Waals surface area contributed by atoms with Crippen molar-refractivity contribution >= 4 is 9.76 Å². The number of rotatable bonds is 14. The van der Waals surface area contributed by atoms with Gasteiger partial charge in [-0.25, -0.2) is 0 Å². The Morgan fingerprint density at radius 3 is 1.47 bits per heavy atom. The second-order valence-corrected chi connectivity index (χ2v) is 5.64. The molecule has 0 N–H and O–H groups in total. The second kappa shape index (κ2) is 16.2. The summed E-state index contributed by atoms with van der Waals surface area (Å²) in [6.07, 6.45) is 17.0. The smallest absolute Gasteiger partial charge is 0.226 e. The summed E-state index contributed by atoms with van der Waals surface area (Å²) in [5.41, 5.74) is 0. The topological polar surface area (TPSA) is 9.23 Å². The lowest BCUT2D eigenvalue weighted by Crippen LogP contribution is -1.95. The molecule has 0 spiro atoms. The van der Waals surface area contributed by atoms with Crippen LogP contribution in [0.5, 0.6) is 0 Å². The van der Waals surface area contributed by atoms with Gasteiger partial charge in [0.25, 0.3) is 0 Å². The van der Waals surface area contributed by atoms with Crippen molar-refractivity contribution in [3.8, 4) is 0 Å². The van der Waals surface area contributed by atoms with Gasteiger partial charge in [0.05, 0.1) is 0 Å². The van der Waals surface area contributed by atoms with E-state index in [2.05, 4.69) is 13.5 Å². The Morgan fingerprint density at radius 2 is 1.06 bits per heavy atom. The fourth-order valence-electron chi connectivity index (χ4n) is 2.12. The average Bonchev–Trinajstić information content (AvgIpc) is 2.35. The van der Waals surface area contributed by atoms with Crippen molar-refractivity contribution in [2.24, 2.45) is 0 Å². The molecular formula is C15H32OSi. The zero-order chi connectivity index (χ0) is 12.6. The molecule has 0 fully saturated rings. The van der Waals surface area contributed by atoms with Gasteiger partial charge in [-0.05, 0) is 13.0 Å². The van der Waals surface area contributed by atoms with E-state index in [9.17, 15) is 0 Å². The maximum Gasteiger partial charge on any atom is 0.226 e. The molecule has 0 rings (SSSR count). The standard InChI is InChI=1S/C15H32OSi/c1-3-4-5-6-7-8-9-10-11-12-13-14-15-16-17-2/h3-15H2,1-2H3. The molecule has 102 valence electrons.